The Morgan fingerprint density at radius 1 is 1.60 bits per heavy atom. The summed E-state index contributed by atoms with van der Waals surface area (Å²) in [6.07, 6.45) is -0.675. The van der Waals surface area contributed by atoms with Crippen molar-refractivity contribution in [2.24, 2.45) is 7.05 Å². The molecule has 2 aromatic rings. The second kappa shape index (κ2) is 3.96. The first-order chi connectivity index (χ1) is 7.11. The molecule has 0 amide bonds. The SMILES string of the molecule is Cc1nn(C)c(Cl)c1[C@H](O)c1cccs1. The molecule has 0 saturated carbocycles. The van der Waals surface area contributed by atoms with Crippen LogP contribution in [-0.4, -0.2) is 14.9 Å². The normalized spacial score (nSPS) is 13.1. The van der Waals surface area contributed by atoms with Crippen molar-refractivity contribution in [1.82, 2.24) is 9.78 Å². The van der Waals surface area contributed by atoms with Gasteiger partial charge in [-0.05, 0) is 18.4 Å². The van der Waals surface area contributed by atoms with Crippen LogP contribution in [0.25, 0.3) is 0 Å². The van der Waals surface area contributed by atoms with E-state index in [4.69, 9.17) is 11.6 Å². The molecular weight excluding hydrogens is 232 g/mol. The van der Waals surface area contributed by atoms with Crippen molar-refractivity contribution in [2.45, 2.75) is 13.0 Å². The lowest BCUT2D eigenvalue weighted by atomic mass is 10.1. The smallest absolute Gasteiger partial charge is 0.133 e. The first-order valence-corrected chi connectivity index (χ1v) is 5.77. The number of hydrogen-bond acceptors (Lipinski definition) is 3. The Morgan fingerprint density at radius 3 is 2.80 bits per heavy atom. The number of aryl methyl sites for hydroxylation is 2. The molecule has 0 aliphatic rings. The lowest BCUT2D eigenvalue weighted by Gasteiger charge is -2.07. The summed E-state index contributed by atoms with van der Waals surface area (Å²) in [7, 11) is 1.76. The van der Waals surface area contributed by atoms with E-state index in [2.05, 4.69) is 5.10 Å². The van der Waals surface area contributed by atoms with Gasteiger partial charge in [-0.2, -0.15) is 5.10 Å². The van der Waals surface area contributed by atoms with Crippen LogP contribution in [0.5, 0.6) is 0 Å². The van der Waals surface area contributed by atoms with Gasteiger partial charge in [0.25, 0.3) is 0 Å². The minimum Gasteiger partial charge on any atom is -0.383 e. The fourth-order valence-electron chi connectivity index (χ4n) is 1.55. The maximum absolute atomic E-state index is 10.1. The molecule has 1 atom stereocenters. The molecule has 0 aromatic carbocycles. The van der Waals surface area contributed by atoms with E-state index in [1.54, 1.807) is 11.7 Å². The Bertz CT molecular complexity index is 464. The third-order valence-electron chi connectivity index (χ3n) is 2.28. The van der Waals surface area contributed by atoms with Crippen molar-refractivity contribution in [3.8, 4) is 0 Å². The molecule has 0 bridgehead atoms. The second-order valence-electron chi connectivity index (χ2n) is 3.33. The zero-order valence-corrected chi connectivity index (χ0v) is 10.0. The van der Waals surface area contributed by atoms with Crippen LogP contribution in [0.15, 0.2) is 17.5 Å². The summed E-state index contributed by atoms with van der Waals surface area (Å²) in [4.78, 5) is 0.882. The molecule has 2 aromatic heterocycles. The predicted molar refractivity (Wildman–Crippen MR) is 61.3 cm³/mol. The Hall–Kier alpha value is -0.840. The van der Waals surface area contributed by atoms with Crippen molar-refractivity contribution in [3.63, 3.8) is 0 Å². The van der Waals surface area contributed by atoms with E-state index in [-0.39, 0.29) is 0 Å². The van der Waals surface area contributed by atoms with Gasteiger partial charge in [0.1, 0.15) is 11.3 Å². The van der Waals surface area contributed by atoms with Gasteiger partial charge < -0.3 is 5.11 Å². The van der Waals surface area contributed by atoms with Gasteiger partial charge in [0, 0.05) is 17.5 Å². The Kier molecular flexibility index (Phi) is 2.82. The fraction of sp³-hybridized carbons (Fsp3) is 0.300. The topological polar surface area (TPSA) is 38.0 Å². The number of rotatable bonds is 2. The third kappa shape index (κ3) is 1.80. The summed E-state index contributed by atoms with van der Waals surface area (Å²) >= 11 is 7.58. The summed E-state index contributed by atoms with van der Waals surface area (Å²) < 4.78 is 1.57. The highest BCUT2D eigenvalue weighted by molar-refractivity contribution is 7.10. The summed E-state index contributed by atoms with van der Waals surface area (Å²) in [6, 6.07) is 3.79. The van der Waals surface area contributed by atoms with Gasteiger partial charge in [-0.1, -0.05) is 17.7 Å². The van der Waals surface area contributed by atoms with E-state index < -0.39 is 6.10 Å². The largest absolute Gasteiger partial charge is 0.383 e. The van der Waals surface area contributed by atoms with E-state index in [0.717, 1.165) is 10.6 Å². The van der Waals surface area contributed by atoms with Gasteiger partial charge in [0.05, 0.1) is 5.69 Å². The molecule has 0 fully saturated rings. The molecule has 5 heteroatoms. The zero-order valence-electron chi connectivity index (χ0n) is 8.44. The average molecular weight is 243 g/mol. The number of aromatic nitrogens is 2. The lowest BCUT2D eigenvalue weighted by Crippen LogP contribution is -1.98. The van der Waals surface area contributed by atoms with Gasteiger partial charge in [0.15, 0.2) is 0 Å². The van der Waals surface area contributed by atoms with Gasteiger partial charge in [-0.3, -0.25) is 4.68 Å². The number of aliphatic hydroxyl groups excluding tert-OH is 1. The Balaban J connectivity index is 2.46. The highest BCUT2D eigenvalue weighted by atomic mass is 35.5. The summed E-state index contributed by atoms with van der Waals surface area (Å²) in [5.74, 6) is 0. The van der Waals surface area contributed by atoms with Crippen LogP contribution in [0.2, 0.25) is 5.15 Å². The minimum atomic E-state index is -0.675. The Labute approximate surface area is 96.9 Å². The highest BCUT2D eigenvalue weighted by Crippen LogP contribution is 2.32. The van der Waals surface area contributed by atoms with E-state index in [1.807, 2.05) is 24.4 Å². The van der Waals surface area contributed by atoms with E-state index >= 15 is 0 Å². The lowest BCUT2D eigenvalue weighted by molar-refractivity contribution is 0.223. The van der Waals surface area contributed by atoms with Crippen LogP contribution in [-0.2, 0) is 7.05 Å². The summed E-state index contributed by atoms with van der Waals surface area (Å²) in [5, 5.41) is 16.7. The molecule has 15 heavy (non-hydrogen) atoms. The molecular formula is C10H11ClN2OS. The van der Waals surface area contributed by atoms with Crippen molar-refractivity contribution in [2.75, 3.05) is 0 Å². The van der Waals surface area contributed by atoms with Crippen LogP contribution in [0.1, 0.15) is 22.2 Å². The van der Waals surface area contributed by atoms with E-state index in [0.29, 0.717) is 10.7 Å². The standard InChI is InChI=1S/C10H11ClN2OS/c1-6-8(10(11)13(2)12-6)9(14)7-4-3-5-15-7/h3-5,9,14H,1-2H3/t9-/m1/s1. The maximum Gasteiger partial charge on any atom is 0.133 e. The monoisotopic (exact) mass is 242 g/mol. The number of aliphatic hydroxyl groups is 1. The van der Waals surface area contributed by atoms with Gasteiger partial charge >= 0.3 is 0 Å². The number of thiophene rings is 1. The van der Waals surface area contributed by atoms with Gasteiger partial charge in [-0.15, -0.1) is 11.3 Å². The summed E-state index contributed by atoms with van der Waals surface area (Å²) in [5.41, 5.74) is 1.46. The van der Waals surface area contributed by atoms with Crippen LogP contribution >= 0.6 is 22.9 Å². The molecule has 0 radical (unpaired) electrons. The van der Waals surface area contributed by atoms with Crippen molar-refractivity contribution < 1.29 is 5.11 Å². The zero-order chi connectivity index (χ0) is 11.0. The number of halogens is 1. The maximum atomic E-state index is 10.1. The molecule has 0 aliphatic carbocycles. The molecule has 0 spiro atoms. The van der Waals surface area contributed by atoms with Crippen LogP contribution < -0.4 is 0 Å². The van der Waals surface area contributed by atoms with Crippen LogP contribution in [0.4, 0.5) is 0 Å². The molecule has 0 unspecified atom stereocenters. The quantitative estimate of drug-likeness (QED) is 0.879. The van der Waals surface area contributed by atoms with Crippen molar-refractivity contribution in [1.29, 1.82) is 0 Å². The summed E-state index contributed by atoms with van der Waals surface area (Å²) in [6.45, 7) is 1.85. The van der Waals surface area contributed by atoms with Crippen molar-refractivity contribution in [3.05, 3.63) is 38.8 Å². The first-order valence-electron chi connectivity index (χ1n) is 4.51. The van der Waals surface area contributed by atoms with Gasteiger partial charge in [-0.25, -0.2) is 0 Å². The third-order valence-corrected chi connectivity index (χ3v) is 3.66. The molecule has 2 rings (SSSR count). The van der Waals surface area contributed by atoms with Crippen LogP contribution in [0, 0.1) is 6.92 Å². The Morgan fingerprint density at radius 2 is 2.33 bits per heavy atom. The van der Waals surface area contributed by atoms with Crippen molar-refractivity contribution >= 4 is 22.9 Å². The average Bonchev–Trinajstić information content (AvgIpc) is 2.76. The van der Waals surface area contributed by atoms with E-state index in [1.165, 1.54) is 11.3 Å². The molecule has 1 N–H and O–H groups in total. The molecule has 3 nitrogen and oxygen atoms in total. The molecule has 0 aliphatic heterocycles. The predicted octanol–water partition coefficient (Wildman–Crippen LogP) is 2.53. The van der Waals surface area contributed by atoms with Gasteiger partial charge in [0.2, 0.25) is 0 Å². The number of nitrogens with zero attached hydrogens (tertiary/aromatic N) is 2. The molecule has 2 heterocycles. The first kappa shape index (κ1) is 10.7. The number of hydrogen-bond donors (Lipinski definition) is 1. The molecule has 0 saturated heterocycles. The molecule has 80 valence electrons. The van der Waals surface area contributed by atoms with E-state index in [9.17, 15) is 5.11 Å². The highest BCUT2D eigenvalue weighted by Gasteiger charge is 2.21. The van der Waals surface area contributed by atoms with Crippen LogP contribution in [0.3, 0.4) is 0 Å². The minimum absolute atomic E-state index is 0.494. The second-order valence-corrected chi connectivity index (χ2v) is 4.67. The fourth-order valence-corrected chi connectivity index (χ4v) is 2.54.